The number of ether oxygens (including phenoxy) is 2. The summed E-state index contributed by atoms with van der Waals surface area (Å²) >= 11 is 0. The summed E-state index contributed by atoms with van der Waals surface area (Å²) in [5.74, 6) is -0.982. The molecule has 0 radical (unpaired) electrons. The molecule has 2 heterocycles. The average Bonchev–Trinajstić information content (AvgIpc) is 2.56. The Hall–Kier alpha value is -2.84. The molecule has 1 aromatic heterocycles. The molecule has 1 fully saturated rings. The molecule has 1 aromatic carbocycles. The number of rotatable bonds is 4. The van der Waals surface area contributed by atoms with Crippen molar-refractivity contribution < 1.29 is 31.8 Å². The fourth-order valence-electron chi connectivity index (χ4n) is 2.49. The highest BCUT2D eigenvalue weighted by Crippen LogP contribution is 2.30. The Bertz CT molecular complexity index is 820. The van der Waals surface area contributed by atoms with Crippen molar-refractivity contribution in [3.05, 3.63) is 53.6 Å². The van der Waals surface area contributed by atoms with Gasteiger partial charge in [0, 0.05) is 17.8 Å². The van der Waals surface area contributed by atoms with Crippen LogP contribution in [-0.2, 0) is 6.18 Å². The van der Waals surface area contributed by atoms with Crippen molar-refractivity contribution in [3.8, 4) is 11.5 Å². The summed E-state index contributed by atoms with van der Waals surface area (Å²) < 4.78 is 61.8. The summed E-state index contributed by atoms with van der Waals surface area (Å²) in [6.07, 6.45) is -3.98. The van der Waals surface area contributed by atoms with Gasteiger partial charge in [0.25, 0.3) is 5.91 Å². The number of nitrogens with zero attached hydrogens (tertiary/aromatic N) is 2. The third kappa shape index (κ3) is 3.71. The molecular formula is C17H14F4N2O3. The first-order chi connectivity index (χ1) is 12.3. The van der Waals surface area contributed by atoms with Crippen molar-refractivity contribution in [2.45, 2.75) is 12.3 Å². The van der Waals surface area contributed by atoms with E-state index in [4.69, 9.17) is 9.47 Å². The molecule has 2 aromatic rings. The fraction of sp³-hybridized carbons (Fsp3) is 0.294. The SMILES string of the molecule is COc1ccc(C(=O)N2CC(Oc3ccnc(C(F)(F)F)c3)C2)cc1F. The van der Waals surface area contributed by atoms with E-state index in [1.807, 2.05) is 0 Å². The number of carbonyl (C=O) groups is 1. The Morgan fingerprint density at radius 1 is 1.23 bits per heavy atom. The number of aromatic nitrogens is 1. The van der Waals surface area contributed by atoms with Gasteiger partial charge in [-0.3, -0.25) is 9.78 Å². The van der Waals surface area contributed by atoms with Gasteiger partial charge in [-0.05, 0) is 24.3 Å². The first-order valence-corrected chi connectivity index (χ1v) is 7.60. The van der Waals surface area contributed by atoms with E-state index in [0.717, 1.165) is 18.3 Å². The zero-order valence-electron chi connectivity index (χ0n) is 13.6. The van der Waals surface area contributed by atoms with E-state index >= 15 is 0 Å². The molecule has 1 aliphatic rings. The number of methoxy groups -OCH3 is 1. The standard InChI is InChI=1S/C17H14F4N2O3/c1-25-14-3-2-10(6-13(14)18)16(24)23-8-12(9-23)26-11-4-5-22-15(7-11)17(19,20)21/h2-7,12H,8-9H2,1H3. The number of benzene rings is 1. The molecule has 0 atom stereocenters. The molecule has 0 unspecified atom stereocenters. The quantitative estimate of drug-likeness (QED) is 0.776. The van der Waals surface area contributed by atoms with Crippen LogP contribution in [0.25, 0.3) is 0 Å². The Morgan fingerprint density at radius 3 is 2.58 bits per heavy atom. The van der Waals surface area contributed by atoms with E-state index in [1.54, 1.807) is 0 Å². The molecule has 1 aliphatic heterocycles. The molecule has 138 valence electrons. The van der Waals surface area contributed by atoms with Gasteiger partial charge < -0.3 is 14.4 Å². The topological polar surface area (TPSA) is 51.7 Å². The summed E-state index contributed by atoms with van der Waals surface area (Å²) in [6.45, 7) is 0.381. The van der Waals surface area contributed by atoms with Crippen molar-refractivity contribution in [2.75, 3.05) is 20.2 Å². The van der Waals surface area contributed by atoms with Crippen LogP contribution in [0.2, 0.25) is 0 Å². The van der Waals surface area contributed by atoms with E-state index in [9.17, 15) is 22.4 Å². The van der Waals surface area contributed by atoms with Crippen LogP contribution in [-0.4, -0.2) is 42.1 Å². The van der Waals surface area contributed by atoms with Gasteiger partial charge in [-0.1, -0.05) is 0 Å². The van der Waals surface area contributed by atoms with Crippen LogP contribution >= 0.6 is 0 Å². The van der Waals surface area contributed by atoms with Crippen LogP contribution in [0.1, 0.15) is 16.1 Å². The Labute approximate surface area is 146 Å². The number of halogens is 4. The number of hydrogen-bond acceptors (Lipinski definition) is 4. The monoisotopic (exact) mass is 370 g/mol. The van der Waals surface area contributed by atoms with Crippen LogP contribution in [0.15, 0.2) is 36.5 Å². The molecule has 1 amide bonds. The van der Waals surface area contributed by atoms with Crippen molar-refractivity contribution in [1.29, 1.82) is 0 Å². The maximum Gasteiger partial charge on any atom is 0.433 e. The summed E-state index contributed by atoms with van der Waals surface area (Å²) in [5.41, 5.74) is -0.888. The van der Waals surface area contributed by atoms with E-state index in [1.165, 1.54) is 30.2 Å². The van der Waals surface area contributed by atoms with E-state index in [-0.39, 0.29) is 30.2 Å². The lowest BCUT2D eigenvalue weighted by Crippen LogP contribution is -2.56. The first-order valence-electron chi connectivity index (χ1n) is 7.60. The Balaban J connectivity index is 1.59. The highest BCUT2D eigenvalue weighted by molar-refractivity contribution is 5.95. The molecule has 0 N–H and O–H groups in total. The molecule has 1 saturated heterocycles. The highest BCUT2D eigenvalue weighted by Gasteiger charge is 2.35. The van der Waals surface area contributed by atoms with Crippen LogP contribution < -0.4 is 9.47 Å². The van der Waals surface area contributed by atoms with Gasteiger partial charge in [0.2, 0.25) is 0 Å². The third-order valence-electron chi connectivity index (χ3n) is 3.86. The van der Waals surface area contributed by atoms with Gasteiger partial charge in [-0.2, -0.15) is 13.2 Å². The van der Waals surface area contributed by atoms with Crippen molar-refractivity contribution in [1.82, 2.24) is 9.88 Å². The van der Waals surface area contributed by atoms with Gasteiger partial charge in [-0.15, -0.1) is 0 Å². The average molecular weight is 370 g/mol. The zero-order valence-corrected chi connectivity index (χ0v) is 13.6. The predicted molar refractivity (Wildman–Crippen MR) is 82.5 cm³/mol. The van der Waals surface area contributed by atoms with E-state index in [2.05, 4.69) is 4.98 Å². The van der Waals surface area contributed by atoms with E-state index in [0.29, 0.717) is 0 Å². The number of alkyl halides is 3. The summed E-state index contributed by atoms with van der Waals surface area (Å²) in [7, 11) is 1.32. The number of amides is 1. The minimum atomic E-state index is -4.56. The summed E-state index contributed by atoms with van der Waals surface area (Å²) in [5, 5.41) is 0. The minimum absolute atomic E-state index is 0.0277. The zero-order chi connectivity index (χ0) is 18.9. The van der Waals surface area contributed by atoms with Crippen molar-refractivity contribution >= 4 is 5.91 Å². The lowest BCUT2D eigenvalue weighted by atomic mass is 10.1. The number of hydrogen-bond donors (Lipinski definition) is 0. The first kappa shape index (κ1) is 18.0. The molecule has 0 aliphatic carbocycles. The summed E-state index contributed by atoms with van der Waals surface area (Å²) in [6, 6.07) is 6.00. The summed E-state index contributed by atoms with van der Waals surface area (Å²) in [4.78, 5) is 16.9. The number of carbonyl (C=O) groups excluding carboxylic acids is 1. The van der Waals surface area contributed by atoms with Gasteiger partial charge >= 0.3 is 6.18 Å². The van der Waals surface area contributed by atoms with Crippen LogP contribution in [0.3, 0.4) is 0 Å². The molecule has 5 nitrogen and oxygen atoms in total. The highest BCUT2D eigenvalue weighted by atomic mass is 19.4. The lowest BCUT2D eigenvalue weighted by molar-refractivity contribution is -0.141. The minimum Gasteiger partial charge on any atom is -0.494 e. The molecule has 0 bridgehead atoms. The van der Waals surface area contributed by atoms with Crippen LogP contribution in [0.4, 0.5) is 17.6 Å². The van der Waals surface area contributed by atoms with Gasteiger partial charge in [0.05, 0.1) is 20.2 Å². The second kappa shape index (κ2) is 6.81. The van der Waals surface area contributed by atoms with Gasteiger partial charge in [0.1, 0.15) is 17.5 Å². The van der Waals surface area contributed by atoms with Crippen LogP contribution in [0, 0.1) is 5.82 Å². The maximum absolute atomic E-state index is 13.7. The molecule has 9 heteroatoms. The largest absolute Gasteiger partial charge is 0.494 e. The van der Waals surface area contributed by atoms with E-state index < -0.39 is 29.7 Å². The van der Waals surface area contributed by atoms with Gasteiger partial charge in [0.15, 0.2) is 11.6 Å². The molecule has 3 rings (SSSR count). The molecule has 26 heavy (non-hydrogen) atoms. The predicted octanol–water partition coefficient (Wildman–Crippen LogP) is 3.15. The molecular weight excluding hydrogens is 356 g/mol. The normalized spacial score (nSPS) is 14.7. The van der Waals surface area contributed by atoms with Crippen molar-refractivity contribution in [3.63, 3.8) is 0 Å². The van der Waals surface area contributed by atoms with Crippen LogP contribution in [0.5, 0.6) is 11.5 Å². The number of pyridine rings is 1. The number of likely N-dealkylation sites (tertiary alicyclic amines) is 1. The lowest BCUT2D eigenvalue weighted by Gasteiger charge is -2.39. The Morgan fingerprint density at radius 2 is 1.96 bits per heavy atom. The van der Waals surface area contributed by atoms with Crippen molar-refractivity contribution in [2.24, 2.45) is 0 Å². The smallest absolute Gasteiger partial charge is 0.433 e. The maximum atomic E-state index is 13.7. The third-order valence-corrected chi connectivity index (χ3v) is 3.86. The second-order valence-electron chi connectivity index (χ2n) is 5.67. The molecule has 0 saturated carbocycles. The molecule has 0 spiro atoms. The fourth-order valence-corrected chi connectivity index (χ4v) is 2.49. The Kier molecular flexibility index (Phi) is 4.71. The van der Waals surface area contributed by atoms with Gasteiger partial charge in [-0.25, -0.2) is 4.39 Å². The second-order valence-corrected chi connectivity index (χ2v) is 5.67.